The summed E-state index contributed by atoms with van der Waals surface area (Å²) in [7, 11) is 1.44. The van der Waals surface area contributed by atoms with Crippen LogP contribution in [0.5, 0.6) is 23.0 Å². The molecule has 0 saturated heterocycles. The monoisotopic (exact) mass is 510 g/mol. The fraction of sp³-hybridized carbons (Fsp3) is 0.280. The second kappa shape index (κ2) is 11.3. The van der Waals surface area contributed by atoms with Crippen LogP contribution >= 0.6 is 0 Å². The zero-order chi connectivity index (χ0) is 26.4. The summed E-state index contributed by atoms with van der Waals surface area (Å²) in [6.45, 7) is 3.36. The second-order valence-corrected chi connectivity index (χ2v) is 7.90. The van der Waals surface area contributed by atoms with Gasteiger partial charge in [-0.1, -0.05) is 6.07 Å². The molecule has 0 saturated carbocycles. The van der Waals surface area contributed by atoms with Gasteiger partial charge in [-0.15, -0.1) is 0 Å². The minimum Gasteiger partial charge on any atom is -0.493 e. The number of esters is 1. The number of nitrogens with one attached hydrogen (secondary N) is 3. The van der Waals surface area contributed by atoms with Crippen LogP contribution in [-0.2, 0) is 14.3 Å². The van der Waals surface area contributed by atoms with Crippen LogP contribution in [0.2, 0.25) is 0 Å². The molecule has 194 valence electrons. The molecule has 37 heavy (non-hydrogen) atoms. The zero-order valence-corrected chi connectivity index (χ0v) is 20.5. The number of hydrazone groups is 1. The summed E-state index contributed by atoms with van der Waals surface area (Å²) in [5, 5.41) is 9.23. The summed E-state index contributed by atoms with van der Waals surface area (Å²) in [4.78, 5) is 36.8. The molecule has 2 aliphatic heterocycles. The molecule has 4 rings (SSSR count). The number of rotatable bonds is 9. The van der Waals surface area contributed by atoms with Crippen molar-refractivity contribution in [3.05, 3.63) is 58.8 Å². The minimum atomic E-state index is -0.760. The first-order chi connectivity index (χ1) is 17.9. The predicted molar refractivity (Wildman–Crippen MR) is 131 cm³/mol. The van der Waals surface area contributed by atoms with Gasteiger partial charge in [0.1, 0.15) is 0 Å². The molecule has 0 unspecified atom stereocenters. The van der Waals surface area contributed by atoms with Crippen LogP contribution in [0.4, 0.5) is 4.79 Å². The van der Waals surface area contributed by atoms with Crippen molar-refractivity contribution in [2.45, 2.75) is 19.9 Å². The Morgan fingerprint density at radius 3 is 2.76 bits per heavy atom. The quantitative estimate of drug-likeness (QED) is 0.264. The van der Waals surface area contributed by atoms with Crippen LogP contribution in [0.15, 0.2) is 52.8 Å². The van der Waals surface area contributed by atoms with Crippen molar-refractivity contribution in [1.82, 2.24) is 16.1 Å². The fourth-order valence-corrected chi connectivity index (χ4v) is 3.75. The Bertz CT molecular complexity index is 1270. The summed E-state index contributed by atoms with van der Waals surface area (Å²) >= 11 is 0. The molecule has 2 aromatic rings. The molecule has 3 amide bonds. The summed E-state index contributed by atoms with van der Waals surface area (Å²) in [5.74, 6) is 0.827. The van der Waals surface area contributed by atoms with Crippen LogP contribution in [0.1, 0.15) is 31.0 Å². The number of hydrogen-bond donors (Lipinski definition) is 3. The molecule has 3 N–H and O–H groups in total. The second-order valence-electron chi connectivity index (χ2n) is 7.90. The van der Waals surface area contributed by atoms with Crippen molar-refractivity contribution < 1.29 is 38.1 Å². The van der Waals surface area contributed by atoms with E-state index in [-0.39, 0.29) is 25.6 Å². The van der Waals surface area contributed by atoms with Gasteiger partial charge in [-0.2, -0.15) is 5.10 Å². The van der Waals surface area contributed by atoms with E-state index in [1.807, 2.05) is 0 Å². The van der Waals surface area contributed by atoms with E-state index >= 15 is 0 Å². The molecule has 12 heteroatoms. The van der Waals surface area contributed by atoms with Crippen LogP contribution in [0.25, 0.3) is 0 Å². The van der Waals surface area contributed by atoms with E-state index < -0.39 is 23.9 Å². The summed E-state index contributed by atoms with van der Waals surface area (Å²) in [5.41, 5.74) is 4.35. The first-order valence-electron chi connectivity index (χ1n) is 11.4. The van der Waals surface area contributed by atoms with Crippen LogP contribution < -0.4 is 35.0 Å². The van der Waals surface area contributed by atoms with Crippen molar-refractivity contribution in [2.24, 2.45) is 5.10 Å². The number of hydrogen-bond acceptors (Lipinski definition) is 9. The standard InChI is InChI=1S/C25H26N4O8/c1-4-34-24(31)22-14(2)27-25(32)28-23(22)16-6-8-17(19(10-16)33-3)35-12-21(30)29-26-11-15-5-7-18-20(9-15)37-13-36-18/h5-11,23H,4,12-13H2,1-3H3,(H,29,30)(H2,27,28,32)/b26-11-/t23-/m1/s1. The van der Waals surface area contributed by atoms with Gasteiger partial charge in [0.2, 0.25) is 6.79 Å². The van der Waals surface area contributed by atoms with E-state index in [2.05, 4.69) is 21.2 Å². The molecular weight excluding hydrogens is 484 g/mol. The molecule has 12 nitrogen and oxygen atoms in total. The number of ether oxygens (including phenoxy) is 5. The lowest BCUT2D eigenvalue weighted by molar-refractivity contribution is -0.139. The highest BCUT2D eigenvalue weighted by atomic mass is 16.7. The van der Waals surface area contributed by atoms with Crippen molar-refractivity contribution >= 4 is 24.1 Å². The first-order valence-corrected chi connectivity index (χ1v) is 11.4. The number of benzene rings is 2. The number of nitrogens with zero attached hydrogens (tertiary/aromatic N) is 1. The average Bonchev–Trinajstić information content (AvgIpc) is 3.35. The fourth-order valence-electron chi connectivity index (χ4n) is 3.75. The molecule has 2 aromatic carbocycles. The van der Waals surface area contributed by atoms with E-state index in [1.165, 1.54) is 13.3 Å². The maximum Gasteiger partial charge on any atom is 0.338 e. The topological polar surface area (TPSA) is 146 Å². The lowest BCUT2D eigenvalue weighted by Gasteiger charge is -2.28. The van der Waals surface area contributed by atoms with E-state index in [0.29, 0.717) is 34.3 Å². The number of urea groups is 1. The van der Waals surface area contributed by atoms with Gasteiger partial charge in [0.25, 0.3) is 5.91 Å². The summed E-state index contributed by atoms with van der Waals surface area (Å²) in [6.07, 6.45) is 1.47. The van der Waals surface area contributed by atoms with Gasteiger partial charge in [-0.25, -0.2) is 15.0 Å². The van der Waals surface area contributed by atoms with Crippen molar-refractivity contribution in [1.29, 1.82) is 0 Å². The van der Waals surface area contributed by atoms with Gasteiger partial charge in [-0.05, 0) is 55.3 Å². The first kappa shape index (κ1) is 25.4. The average molecular weight is 511 g/mol. The number of fused-ring (bicyclic) bond motifs is 1. The van der Waals surface area contributed by atoms with Gasteiger partial charge in [0.15, 0.2) is 29.6 Å². The van der Waals surface area contributed by atoms with E-state index in [9.17, 15) is 14.4 Å². The lowest BCUT2D eigenvalue weighted by Crippen LogP contribution is -2.45. The molecule has 1 atom stereocenters. The molecule has 2 heterocycles. The lowest BCUT2D eigenvalue weighted by atomic mass is 9.95. The smallest absolute Gasteiger partial charge is 0.338 e. The summed E-state index contributed by atoms with van der Waals surface area (Å²) < 4.78 is 26.7. The van der Waals surface area contributed by atoms with Gasteiger partial charge < -0.3 is 34.3 Å². The van der Waals surface area contributed by atoms with Gasteiger partial charge in [0.05, 0.1) is 31.5 Å². The number of allylic oxidation sites excluding steroid dienone is 1. The van der Waals surface area contributed by atoms with Crippen LogP contribution in [0.3, 0.4) is 0 Å². The highest BCUT2D eigenvalue weighted by molar-refractivity contribution is 5.95. The highest BCUT2D eigenvalue weighted by Crippen LogP contribution is 2.35. The Morgan fingerprint density at radius 1 is 1.16 bits per heavy atom. The molecule has 0 radical (unpaired) electrons. The molecule has 0 spiro atoms. The Kier molecular flexibility index (Phi) is 7.77. The van der Waals surface area contributed by atoms with Gasteiger partial charge in [-0.3, -0.25) is 4.79 Å². The Labute approximate surface area is 212 Å². The van der Waals surface area contributed by atoms with Crippen LogP contribution in [-0.4, -0.2) is 51.2 Å². The molecule has 0 fully saturated rings. The zero-order valence-electron chi connectivity index (χ0n) is 20.5. The number of methoxy groups -OCH3 is 1. The third kappa shape index (κ3) is 5.92. The van der Waals surface area contributed by atoms with Gasteiger partial charge >= 0.3 is 12.0 Å². The van der Waals surface area contributed by atoms with Gasteiger partial charge in [0, 0.05) is 5.70 Å². The SMILES string of the molecule is CCOC(=O)C1=C(C)NC(=O)N[C@@H]1c1ccc(OCC(=O)N/N=C\c2ccc3c(c2)OCO3)c(OC)c1. The van der Waals surface area contributed by atoms with Crippen molar-refractivity contribution in [3.8, 4) is 23.0 Å². The molecular formula is C25H26N4O8. The number of amides is 3. The molecule has 0 bridgehead atoms. The number of carbonyl (C=O) groups excluding carboxylic acids is 3. The maximum atomic E-state index is 12.5. The Morgan fingerprint density at radius 2 is 1.97 bits per heavy atom. The van der Waals surface area contributed by atoms with Crippen LogP contribution in [0, 0.1) is 0 Å². The van der Waals surface area contributed by atoms with E-state index in [4.69, 9.17) is 23.7 Å². The third-order valence-corrected chi connectivity index (χ3v) is 5.44. The Hall–Kier alpha value is -4.74. The molecule has 0 aromatic heterocycles. The van der Waals surface area contributed by atoms with Crippen molar-refractivity contribution in [2.75, 3.05) is 27.1 Å². The third-order valence-electron chi connectivity index (χ3n) is 5.44. The highest BCUT2D eigenvalue weighted by Gasteiger charge is 2.32. The molecule has 2 aliphatic rings. The van der Waals surface area contributed by atoms with E-state index in [0.717, 1.165) is 5.56 Å². The number of carbonyl (C=O) groups is 3. The minimum absolute atomic E-state index is 0.170. The van der Waals surface area contributed by atoms with E-state index in [1.54, 1.807) is 50.2 Å². The predicted octanol–water partition coefficient (Wildman–Crippen LogP) is 2.14. The normalized spacial score (nSPS) is 16.2. The largest absolute Gasteiger partial charge is 0.493 e. The Balaban J connectivity index is 1.40. The summed E-state index contributed by atoms with van der Waals surface area (Å²) in [6, 6.07) is 8.94. The van der Waals surface area contributed by atoms with Crippen molar-refractivity contribution in [3.63, 3.8) is 0 Å². The molecule has 0 aliphatic carbocycles. The maximum absolute atomic E-state index is 12.5.